The van der Waals surface area contributed by atoms with E-state index < -0.39 is 17.4 Å². The molecule has 1 aromatic rings. The van der Waals surface area contributed by atoms with Gasteiger partial charge in [-0.05, 0) is 11.6 Å². The Morgan fingerprint density at radius 3 is 2.53 bits per heavy atom. The normalized spacial score (nSPS) is 10.6. The molecule has 1 aromatic carbocycles. The summed E-state index contributed by atoms with van der Waals surface area (Å²) in [7, 11) is 0. The predicted octanol–water partition coefficient (Wildman–Crippen LogP) is 3.46. The first-order chi connectivity index (χ1) is 6.99. The van der Waals surface area contributed by atoms with Crippen molar-refractivity contribution in [2.24, 2.45) is 5.11 Å². The van der Waals surface area contributed by atoms with Gasteiger partial charge >= 0.3 is 6.18 Å². The van der Waals surface area contributed by atoms with Gasteiger partial charge in [0.2, 0.25) is 0 Å². The van der Waals surface area contributed by atoms with Crippen molar-refractivity contribution in [3.8, 4) is 0 Å². The Hall–Kier alpha value is -2.01. The quantitative estimate of drug-likeness (QED) is 0.322. The molecule has 0 amide bonds. The molecule has 0 N–H and O–H groups in total. The number of aldehydes is 1. The van der Waals surface area contributed by atoms with Gasteiger partial charge in [0.25, 0.3) is 0 Å². The van der Waals surface area contributed by atoms with E-state index >= 15 is 0 Å². The minimum atomic E-state index is -4.65. The van der Waals surface area contributed by atoms with E-state index in [1.54, 1.807) is 0 Å². The highest BCUT2D eigenvalue weighted by molar-refractivity contribution is 5.76. The van der Waals surface area contributed by atoms with Crippen LogP contribution >= 0.6 is 0 Å². The molecule has 0 atom stereocenters. The van der Waals surface area contributed by atoms with Gasteiger partial charge in [-0.3, -0.25) is 4.79 Å². The fourth-order valence-corrected chi connectivity index (χ4v) is 0.989. The number of carbonyl (C=O) groups excluding carboxylic acids is 1. The number of nitrogens with zero attached hydrogens (tertiary/aromatic N) is 3. The fraction of sp³-hybridized carbons (Fsp3) is 0.125. The summed E-state index contributed by atoms with van der Waals surface area (Å²) in [5.74, 6) is 0. The summed E-state index contributed by atoms with van der Waals surface area (Å²) >= 11 is 0. The zero-order valence-corrected chi connectivity index (χ0v) is 7.19. The van der Waals surface area contributed by atoms with Gasteiger partial charge < -0.3 is 0 Å². The van der Waals surface area contributed by atoms with Crippen LogP contribution in [0.15, 0.2) is 23.3 Å². The average Bonchev–Trinajstić information content (AvgIpc) is 2.17. The molecule has 0 heterocycles. The molecule has 0 aliphatic heterocycles. The van der Waals surface area contributed by atoms with Crippen molar-refractivity contribution in [1.82, 2.24) is 0 Å². The summed E-state index contributed by atoms with van der Waals surface area (Å²) < 4.78 is 37.2. The Morgan fingerprint density at radius 1 is 1.40 bits per heavy atom. The van der Waals surface area contributed by atoms with Crippen LogP contribution in [0.25, 0.3) is 10.4 Å². The zero-order chi connectivity index (χ0) is 11.5. The maximum absolute atomic E-state index is 12.4. The van der Waals surface area contributed by atoms with E-state index in [9.17, 15) is 18.0 Å². The number of alkyl halides is 3. The molecule has 4 nitrogen and oxygen atoms in total. The van der Waals surface area contributed by atoms with Crippen molar-refractivity contribution >= 4 is 12.0 Å². The zero-order valence-electron chi connectivity index (χ0n) is 7.19. The van der Waals surface area contributed by atoms with Gasteiger partial charge in [-0.15, -0.1) is 0 Å². The average molecular weight is 215 g/mol. The summed E-state index contributed by atoms with van der Waals surface area (Å²) in [6.45, 7) is 0. The van der Waals surface area contributed by atoms with Crippen molar-refractivity contribution in [3.05, 3.63) is 39.8 Å². The third-order valence-electron chi connectivity index (χ3n) is 1.61. The molecule has 15 heavy (non-hydrogen) atoms. The van der Waals surface area contributed by atoms with Crippen LogP contribution in [0.3, 0.4) is 0 Å². The summed E-state index contributed by atoms with van der Waals surface area (Å²) in [6, 6.07) is 2.73. The first kappa shape index (κ1) is 11.1. The molecule has 0 unspecified atom stereocenters. The number of benzene rings is 1. The van der Waals surface area contributed by atoms with Gasteiger partial charge in [-0.25, -0.2) is 0 Å². The maximum Gasteiger partial charge on any atom is 0.416 e. The van der Waals surface area contributed by atoms with Crippen molar-refractivity contribution in [3.63, 3.8) is 0 Å². The molecular weight excluding hydrogens is 211 g/mol. The molecule has 0 aliphatic carbocycles. The molecule has 0 saturated heterocycles. The van der Waals surface area contributed by atoms with Gasteiger partial charge in [-0.2, -0.15) is 13.2 Å². The lowest BCUT2D eigenvalue weighted by Gasteiger charge is -2.09. The number of azide groups is 1. The lowest BCUT2D eigenvalue weighted by molar-refractivity contribution is -0.137. The van der Waals surface area contributed by atoms with Crippen molar-refractivity contribution in [2.75, 3.05) is 0 Å². The molecule has 78 valence electrons. The van der Waals surface area contributed by atoms with Gasteiger partial charge in [0.15, 0.2) is 0 Å². The van der Waals surface area contributed by atoms with E-state index in [0.717, 1.165) is 12.1 Å². The van der Waals surface area contributed by atoms with Gasteiger partial charge in [0.1, 0.15) is 6.29 Å². The SMILES string of the molecule is [N-]=[N+]=Nc1ccc(C=O)cc1C(F)(F)F. The second-order valence-corrected chi connectivity index (χ2v) is 2.58. The van der Waals surface area contributed by atoms with E-state index in [4.69, 9.17) is 5.53 Å². The summed E-state index contributed by atoms with van der Waals surface area (Å²) in [5, 5.41) is 2.89. The monoisotopic (exact) mass is 215 g/mol. The van der Waals surface area contributed by atoms with E-state index in [0.29, 0.717) is 6.07 Å². The van der Waals surface area contributed by atoms with Gasteiger partial charge in [0.05, 0.1) is 5.56 Å². The predicted molar refractivity (Wildman–Crippen MR) is 45.6 cm³/mol. The van der Waals surface area contributed by atoms with Crippen molar-refractivity contribution < 1.29 is 18.0 Å². The molecular formula is C8H4F3N3O. The van der Waals surface area contributed by atoms with Crippen LogP contribution in [0.2, 0.25) is 0 Å². The lowest BCUT2D eigenvalue weighted by atomic mass is 10.1. The lowest BCUT2D eigenvalue weighted by Crippen LogP contribution is -2.05. The van der Waals surface area contributed by atoms with Crippen LogP contribution in [0.4, 0.5) is 18.9 Å². The molecule has 0 saturated carbocycles. The van der Waals surface area contributed by atoms with E-state index in [-0.39, 0.29) is 11.8 Å². The maximum atomic E-state index is 12.4. The van der Waals surface area contributed by atoms with Gasteiger partial charge in [0, 0.05) is 16.2 Å². The third-order valence-corrected chi connectivity index (χ3v) is 1.61. The molecule has 0 bridgehead atoms. The molecule has 0 fully saturated rings. The number of rotatable bonds is 2. The second kappa shape index (κ2) is 4.02. The Bertz CT molecular complexity index is 435. The van der Waals surface area contributed by atoms with Crippen LogP contribution < -0.4 is 0 Å². The molecule has 0 aromatic heterocycles. The number of hydrogen-bond acceptors (Lipinski definition) is 2. The summed E-state index contributed by atoms with van der Waals surface area (Å²) in [4.78, 5) is 12.6. The summed E-state index contributed by atoms with van der Waals surface area (Å²) in [5.41, 5.74) is 6.27. The molecule has 0 spiro atoms. The van der Waals surface area contributed by atoms with Crippen molar-refractivity contribution in [1.29, 1.82) is 0 Å². The number of carbonyl (C=O) groups is 1. The highest BCUT2D eigenvalue weighted by Crippen LogP contribution is 2.36. The minimum Gasteiger partial charge on any atom is -0.298 e. The Kier molecular flexibility index (Phi) is 2.96. The minimum absolute atomic E-state index is 0.126. The van der Waals surface area contributed by atoms with Crippen LogP contribution in [0, 0.1) is 0 Å². The van der Waals surface area contributed by atoms with E-state index in [1.165, 1.54) is 0 Å². The topological polar surface area (TPSA) is 65.8 Å². The largest absolute Gasteiger partial charge is 0.416 e. The van der Waals surface area contributed by atoms with Crippen molar-refractivity contribution in [2.45, 2.75) is 6.18 Å². The molecule has 0 radical (unpaired) electrons. The van der Waals surface area contributed by atoms with Crippen LogP contribution in [-0.4, -0.2) is 6.29 Å². The van der Waals surface area contributed by atoms with E-state index in [1.807, 2.05) is 0 Å². The second-order valence-electron chi connectivity index (χ2n) is 2.58. The highest BCUT2D eigenvalue weighted by atomic mass is 19.4. The van der Waals surface area contributed by atoms with Crippen LogP contribution in [-0.2, 0) is 6.18 Å². The Labute approximate surface area is 82.0 Å². The molecule has 1 rings (SSSR count). The fourth-order valence-electron chi connectivity index (χ4n) is 0.989. The van der Waals surface area contributed by atoms with Gasteiger partial charge in [-0.1, -0.05) is 17.2 Å². The summed E-state index contributed by atoms with van der Waals surface area (Å²) in [6.07, 6.45) is -4.36. The highest BCUT2D eigenvalue weighted by Gasteiger charge is 2.33. The smallest absolute Gasteiger partial charge is 0.298 e. The first-order valence-corrected chi connectivity index (χ1v) is 3.70. The van der Waals surface area contributed by atoms with E-state index in [2.05, 4.69) is 10.0 Å². The number of halogens is 3. The molecule has 0 aliphatic rings. The Balaban J connectivity index is 3.41. The third kappa shape index (κ3) is 2.47. The van der Waals surface area contributed by atoms with Crippen LogP contribution in [0.5, 0.6) is 0 Å². The number of hydrogen-bond donors (Lipinski definition) is 0. The Morgan fingerprint density at radius 2 is 2.07 bits per heavy atom. The first-order valence-electron chi connectivity index (χ1n) is 3.70. The molecule has 7 heteroatoms. The van der Waals surface area contributed by atoms with Crippen LogP contribution in [0.1, 0.15) is 15.9 Å². The standard InChI is InChI=1S/C8H4F3N3O/c9-8(10,11)6-3-5(4-15)1-2-7(6)13-14-12/h1-4H.